The number of thiocarbonyl (C=S) groups is 1. The van der Waals surface area contributed by atoms with E-state index < -0.39 is 34.5 Å². The zero-order valence-corrected chi connectivity index (χ0v) is 18.2. The predicted octanol–water partition coefficient (Wildman–Crippen LogP) is 3.67. The average Bonchev–Trinajstić information content (AvgIpc) is 3.36. The number of benzene rings is 1. The highest BCUT2D eigenvalue weighted by atomic mass is 32.2. The fraction of sp³-hybridized carbons (Fsp3) is 0.118. The van der Waals surface area contributed by atoms with Crippen LogP contribution in [0.15, 0.2) is 29.2 Å². The van der Waals surface area contributed by atoms with Gasteiger partial charge in [0.1, 0.15) is 16.6 Å². The Hall–Kier alpha value is -3.37. The number of amides is 1. The van der Waals surface area contributed by atoms with Crippen molar-refractivity contribution in [3.63, 3.8) is 0 Å². The summed E-state index contributed by atoms with van der Waals surface area (Å²) in [7, 11) is 0. The Kier molecular flexibility index (Phi) is 5.67. The predicted molar refractivity (Wildman–Crippen MR) is 115 cm³/mol. The number of aromatic nitrogens is 3. The Labute approximate surface area is 194 Å². The third-order valence-electron chi connectivity index (χ3n) is 4.27. The fourth-order valence-corrected chi connectivity index (χ4v) is 4.94. The van der Waals surface area contributed by atoms with E-state index in [9.17, 15) is 32.9 Å². The van der Waals surface area contributed by atoms with E-state index in [1.54, 1.807) is 0 Å². The first-order valence-electron chi connectivity index (χ1n) is 8.65. The molecule has 3 heterocycles. The number of alkyl halides is 3. The van der Waals surface area contributed by atoms with E-state index >= 15 is 0 Å². The number of halogens is 3. The normalized spacial score (nSPS) is 15.7. The Morgan fingerprint density at radius 1 is 1.33 bits per heavy atom. The molecule has 1 aromatic carbocycles. The summed E-state index contributed by atoms with van der Waals surface area (Å²) < 4.78 is 40.3. The number of nitrogens with zero attached hydrogens (tertiary/aromatic N) is 5. The number of fused-ring (bicyclic) bond motifs is 1. The van der Waals surface area contributed by atoms with Gasteiger partial charge in [-0.15, -0.1) is 5.10 Å². The van der Waals surface area contributed by atoms with E-state index in [4.69, 9.17) is 17.3 Å². The highest BCUT2D eigenvalue weighted by Crippen LogP contribution is 2.39. The first kappa shape index (κ1) is 22.8. The maximum Gasteiger partial charge on any atom is 0.445 e. The lowest BCUT2D eigenvalue weighted by molar-refractivity contribution is -0.384. The van der Waals surface area contributed by atoms with Gasteiger partial charge in [0, 0.05) is 6.07 Å². The molecule has 16 heteroatoms. The first-order valence-corrected chi connectivity index (χ1v) is 10.7. The number of thioether (sulfide) groups is 1. The molecule has 0 spiro atoms. The van der Waals surface area contributed by atoms with Crippen LogP contribution in [0.4, 0.5) is 18.9 Å². The molecule has 1 aliphatic heterocycles. The second-order valence-electron chi connectivity index (χ2n) is 6.38. The number of carbonyl (C=O) groups is 2. The van der Waals surface area contributed by atoms with Crippen LogP contribution in [-0.2, 0) is 15.8 Å². The molecular formula is C17H8F3N5O5S3. The molecule has 3 aromatic rings. The van der Waals surface area contributed by atoms with Gasteiger partial charge in [-0.1, -0.05) is 47.4 Å². The molecule has 0 radical (unpaired) electrons. The second-order valence-corrected chi connectivity index (χ2v) is 9.01. The Bertz CT molecular complexity index is 1380. The van der Waals surface area contributed by atoms with E-state index in [0.717, 1.165) is 27.3 Å². The van der Waals surface area contributed by atoms with Gasteiger partial charge < -0.3 is 5.11 Å². The van der Waals surface area contributed by atoms with Crippen LogP contribution in [-0.4, -0.2) is 52.3 Å². The zero-order chi connectivity index (χ0) is 24.1. The van der Waals surface area contributed by atoms with Crippen molar-refractivity contribution in [3.8, 4) is 11.3 Å². The Balaban J connectivity index is 1.93. The molecule has 0 saturated carbocycles. The highest BCUT2D eigenvalue weighted by Gasteiger charge is 2.38. The minimum Gasteiger partial charge on any atom is -0.480 e. The van der Waals surface area contributed by atoms with Crippen LogP contribution in [0.1, 0.15) is 10.7 Å². The summed E-state index contributed by atoms with van der Waals surface area (Å²) in [5, 5.41) is 22.8. The van der Waals surface area contributed by atoms with Gasteiger partial charge in [-0.05, 0) is 12.1 Å². The minimum absolute atomic E-state index is 0.000947. The van der Waals surface area contributed by atoms with Crippen molar-refractivity contribution in [1.29, 1.82) is 0 Å². The minimum atomic E-state index is -4.76. The molecule has 1 N–H and O–H groups in total. The van der Waals surface area contributed by atoms with Gasteiger partial charge in [0.2, 0.25) is 9.97 Å². The van der Waals surface area contributed by atoms with Crippen LogP contribution in [0.2, 0.25) is 0 Å². The number of rotatable bonds is 5. The molecule has 4 rings (SSSR count). The molecule has 0 bridgehead atoms. The van der Waals surface area contributed by atoms with Crippen molar-refractivity contribution in [2.45, 2.75) is 6.18 Å². The number of carbonyl (C=O) groups excluding carboxylic acids is 1. The van der Waals surface area contributed by atoms with E-state index in [0.29, 0.717) is 0 Å². The zero-order valence-electron chi connectivity index (χ0n) is 15.8. The number of nitro benzene ring substituents is 1. The van der Waals surface area contributed by atoms with Gasteiger partial charge >= 0.3 is 12.1 Å². The first-order chi connectivity index (χ1) is 15.5. The van der Waals surface area contributed by atoms with Gasteiger partial charge in [0.15, 0.2) is 0 Å². The smallest absolute Gasteiger partial charge is 0.445 e. The maximum absolute atomic E-state index is 13.2. The summed E-state index contributed by atoms with van der Waals surface area (Å²) in [6.07, 6.45) is -3.61. The highest BCUT2D eigenvalue weighted by molar-refractivity contribution is 8.26. The van der Waals surface area contributed by atoms with E-state index in [-0.39, 0.29) is 48.2 Å². The maximum atomic E-state index is 13.2. The molecule has 1 aliphatic rings. The number of nitro groups is 1. The van der Waals surface area contributed by atoms with Crippen molar-refractivity contribution in [2.75, 3.05) is 6.54 Å². The van der Waals surface area contributed by atoms with Gasteiger partial charge in [0.05, 0.1) is 21.1 Å². The lowest BCUT2D eigenvalue weighted by Gasteiger charge is -2.10. The van der Waals surface area contributed by atoms with Crippen molar-refractivity contribution in [3.05, 3.63) is 50.0 Å². The molecule has 0 unspecified atom stereocenters. The third kappa shape index (κ3) is 4.19. The molecule has 10 nitrogen and oxygen atoms in total. The Morgan fingerprint density at radius 2 is 2.03 bits per heavy atom. The van der Waals surface area contributed by atoms with Crippen molar-refractivity contribution in [2.24, 2.45) is 0 Å². The van der Waals surface area contributed by atoms with Crippen LogP contribution < -0.4 is 0 Å². The summed E-state index contributed by atoms with van der Waals surface area (Å²) in [4.78, 5) is 39.1. The molecule has 170 valence electrons. The lowest BCUT2D eigenvalue weighted by Crippen LogP contribution is -2.33. The van der Waals surface area contributed by atoms with Gasteiger partial charge in [-0.2, -0.15) is 13.2 Å². The van der Waals surface area contributed by atoms with Gasteiger partial charge in [-0.3, -0.25) is 24.6 Å². The third-order valence-corrected chi connectivity index (χ3v) is 6.60. The number of hydrogen-bond donors (Lipinski definition) is 1. The van der Waals surface area contributed by atoms with E-state index in [1.165, 1.54) is 24.3 Å². The molecule has 0 atom stereocenters. The van der Waals surface area contributed by atoms with Crippen LogP contribution in [0.5, 0.6) is 0 Å². The van der Waals surface area contributed by atoms with Crippen LogP contribution in [0.25, 0.3) is 22.3 Å². The second kappa shape index (κ2) is 8.20. The number of aliphatic carboxylic acids is 1. The average molecular weight is 515 g/mol. The molecule has 1 saturated heterocycles. The topological polar surface area (TPSA) is 131 Å². The van der Waals surface area contributed by atoms with Crippen LogP contribution in [0.3, 0.4) is 0 Å². The van der Waals surface area contributed by atoms with Crippen molar-refractivity contribution >= 4 is 68.2 Å². The summed E-state index contributed by atoms with van der Waals surface area (Å²) in [6, 6.07) is 5.47. The summed E-state index contributed by atoms with van der Waals surface area (Å²) in [5.74, 6) is -2.09. The lowest BCUT2D eigenvalue weighted by atomic mass is 10.1. The molecule has 1 amide bonds. The number of imidazole rings is 1. The van der Waals surface area contributed by atoms with E-state index in [2.05, 4.69) is 10.1 Å². The van der Waals surface area contributed by atoms with Crippen LogP contribution in [0, 0.1) is 10.1 Å². The monoisotopic (exact) mass is 515 g/mol. The van der Waals surface area contributed by atoms with Gasteiger partial charge in [-0.25, -0.2) is 9.50 Å². The molecular weight excluding hydrogens is 507 g/mol. The largest absolute Gasteiger partial charge is 0.480 e. The quantitative estimate of drug-likeness (QED) is 0.234. The number of carboxylic acid groups (broad SMARTS) is 1. The Morgan fingerprint density at radius 3 is 2.67 bits per heavy atom. The molecule has 0 aliphatic carbocycles. The van der Waals surface area contributed by atoms with E-state index in [1.807, 2.05) is 0 Å². The number of carboxylic acids is 1. The van der Waals surface area contributed by atoms with Crippen LogP contribution >= 0.6 is 35.3 Å². The number of para-hydroxylation sites is 1. The summed E-state index contributed by atoms with van der Waals surface area (Å²) >= 11 is 6.00. The standard InChI is InChI=1S/C17H8F3N5O5S3/c18-17(19,20)14-22-24-9(5-10-13(28)23(6-11(26)27)16(31)32-10)12(21-15(24)33-14)7-3-1-2-4-8(7)25(29)30/h1-5H,6H2,(H,26,27)/b10-5-. The molecule has 2 aromatic heterocycles. The van der Waals surface area contributed by atoms with Gasteiger partial charge in [0.25, 0.3) is 11.6 Å². The number of hydrogen-bond acceptors (Lipinski definition) is 9. The summed E-state index contributed by atoms with van der Waals surface area (Å²) in [6.45, 7) is -0.699. The fourth-order valence-electron chi connectivity index (χ4n) is 2.94. The SMILES string of the molecule is O=C(O)CN1C(=O)/C(=C/c2c(-c3ccccc3[N+](=O)[O-])nc3sc(C(F)(F)F)nn23)SC1=S. The molecule has 33 heavy (non-hydrogen) atoms. The summed E-state index contributed by atoms with van der Waals surface area (Å²) in [5.41, 5.74) is -0.548. The van der Waals surface area contributed by atoms with Crippen molar-refractivity contribution < 1.29 is 32.8 Å². The van der Waals surface area contributed by atoms with Crippen molar-refractivity contribution in [1.82, 2.24) is 19.5 Å². The molecule has 1 fully saturated rings.